The fourth-order valence-electron chi connectivity index (χ4n) is 7.87. The van der Waals surface area contributed by atoms with Gasteiger partial charge in [0.1, 0.15) is 30.1 Å². The molecule has 2 aliphatic rings. The molecule has 0 saturated carbocycles. The van der Waals surface area contributed by atoms with Gasteiger partial charge in [0, 0.05) is 0 Å². The maximum Gasteiger partial charge on any atom is 0.412 e. The van der Waals surface area contributed by atoms with E-state index < -0.39 is 41.7 Å². The van der Waals surface area contributed by atoms with Crippen LogP contribution in [0.25, 0.3) is 0 Å². The summed E-state index contributed by atoms with van der Waals surface area (Å²) in [6, 6.07) is 38.8. The lowest BCUT2D eigenvalue weighted by Crippen LogP contribution is -2.49. The summed E-state index contributed by atoms with van der Waals surface area (Å²) >= 11 is 0. The zero-order valence-corrected chi connectivity index (χ0v) is 34.7. The minimum Gasteiger partial charge on any atom is -0.445 e. The summed E-state index contributed by atoms with van der Waals surface area (Å²) in [5.74, 6) is 0. The number of unbranched alkanes of at least 4 members (excludes halogenated alkanes) is 1. The largest absolute Gasteiger partial charge is 0.445 e. The molecule has 2 amide bonds. The molecular formula is C48H60N2O8. The molecule has 0 N–H and O–H groups in total. The molecule has 0 unspecified atom stereocenters. The van der Waals surface area contributed by atoms with E-state index >= 15 is 0 Å². The molecule has 5 atom stereocenters. The Bertz CT molecular complexity index is 1840. The topological polar surface area (TPSA) is 96.0 Å². The predicted molar refractivity (Wildman–Crippen MR) is 223 cm³/mol. The van der Waals surface area contributed by atoms with Gasteiger partial charge >= 0.3 is 12.2 Å². The van der Waals surface area contributed by atoms with Crippen LogP contribution in [0.4, 0.5) is 9.59 Å². The van der Waals surface area contributed by atoms with E-state index in [-0.39, 0.29) is 25.3 Å². The third-order valence-electron chi connectivity index (χ3n) is 10.6. The second-order valence-electron chi connectivity index (χ2n) is 16.7. The first kappa shape index (κ1) is 42.9. The highest BCUT2D eigenvalue weighted by Crippen LogP contribution is 2.37. The quantitative estimate of drug-likeness (QED) is 0.0976. The number of hydrogen-bond donors (Lipinski definition) is 0. The molecule has 0 bridgehead atoms. The van der Waals surface area contributed by atoms with Crippen LogP contribution in [-0.2, 0) is 54.8 Å². The molecule has 10 heteroatoms. The van der Waals surface area contributed by atoms with Crippen molar-refractivity contribution in [2.75, 3.05) is 13.2 Å². The number of nitrogens with zero attached hydrogens (tertiary/aromatic N) is 2. The number of carbonyl (C=O) groups is 2. The highest BCUT2D eigenvalue weighted by atomic mass is 16.6. The van der Waals surface area contributed by atoms with Gasteiger partial charge in [0.25, 0.3) is 0 Å². The summed E-state index contributed by atoms with van der Waals surface area (Å²) in [6.07, 6.45) is 1.01. The first-order valence-electron chi connectivity index (χ1n) is 20.6. The average Bonchev–Trinajstić information content (AvgIpc) is 3.69. The van der Waals surface area contributed by atoms with Crippen molar-refractivity contribution in [3.05, 3.63) is 144 Å². The van der Waals surface area contributed by atoms with E-state index in [0.717, 1.165) is 35.1 Å². The van der Waals surface area contributed by atoms with E-state index in [1.54, 1.807) is 4.90 Å². The smallest absolute Gasteiger partial charge is 0.412 e. The maximum atomic E-state index is 14.5. The highest BCUT2D eigenvalue weighted by molar-refractivity contribution is 5.70. The molecule has 310 valence electrons. The van der Waals surface area contributed by atoms with Crippen LogP contribution >= 0.6 is 0 Å². The second kappa shape index (κ2) is 20.3. The van der Waals surface area contributed by atoms with Gasteiger partial charge in [-0.15, -0.1) is 0 Å². The van der Waals surface area contributed by atoms with Crippen LogP contribution in [0.3, 0.4) is 0 Å². The van der Waals surface area contributed by atoms with Crippen molar-refractivity contribution in [1.82, 2.24) is 9.80 Å². The Morgan fingerprint density at radius 3 is 1.62 bits per heavy atom. The fourth-order valence-corrected chi connectivity index (χ4v) is 7.87. The van der Waals surface area contributed by atoms with Crippen molar-refractivity contribution in [3.63, 3.8) is 0 Å². The second-order valence-corrected chi connectivity index (χ2v) is 16.7. The summed E-state index contributed by atoms with van der Waals surface area (Å²) in [5, 5.41) is 0. The van der Waals surface area contributed by atoms with Crippen molar-refractivity contribution in [2.24, 2.45) is 0 Å². The van der Waals surface area contributed by atoms with Gasteiger partial charge in [0.2, 0.25) is 0 Å². The van der Waals surface area contributed by atoms with Crippen LogP contribution in [0, 0.1) is 0 Å². The fraction of sp³-hybridized carbons (Fsp3) is 0.458. The Balaban J connectivity index is 1.27. The third kappa shape index (κ3) is 11.9. The van der Waals surface area contributed by atoms with Crippen LogP contribution in [0.2, 0.25) is 0 Å². The van der Waals surface area contributed by atoms with Crippen molar-refractivity contribution in [1.29, 1.82) is 0 Å². The summed E-state index contributed by atoms with van der Waals surface area (Å²) in [6.45, 7) is 11.2. The molecule has 0 radical (unpaired) electrons. The first-order valence-corrected chi connectivity index (χ1v) is 20.6. The molecule has 0 aromatic heterocycles. The van der Waals surface area contributed by atoms with Crippen LogP contribution in [0.5, 0.6) is 0 Å². The van der Waals surface area contributed by atoms with E-state index in [0.29, 0.717) is 39.3 Å². The molecule has 0 spiro atoms. The van der Waals surface area contributed by atoms with Crippen molar-refractivity contribution in [3.8, 4) is 0 Å². The SMILES string of the molecule is CC(C)(C)OC(=O)N1[C@@H](CCCC[C@H]2[C@H](OCc3ccccc3)[C@H](OCc3ccccc3)[C@H](COCc3ccccc3)N2C(=O)OCc2ccccc2)COC1(C)C. The molecule has 4 aromatic rings. The number of rotatable bonds is 17. The van der Waals surface area contributed by atoms with E-state index in [1.807, 2.05) is 161 Å². The normalized spacial score (nSPS) is 21.6. The third-order valence-corrected chi connectivity index (χ3v) is 10.6. The number of amides is 2. The highest BCUT2D eigenvalue weighted by Gasteiger charge is 2.53. The summed E-state index contributed by atoms with van der Waals surface area (Å²) in [5.41, 5.74) is 2.56. The monoisotopic (exact) mass is 792 g/mol. The maximum absolute atomic E-state index is 14.5. The molecule has 4 aromatic carbocycles. The minimum absolute atomic E-state index is 0.129. The van der Waals surface area contributed by atoms with Gasteiger partial charge in [-0.2, -0.15) is 0 Å². The van der Waals surface area contributed by atoms with Crippen LogP contribution in [-0.4, -0.2) is 76.9 Å². The van der Waals surface area contributed by atoms with Gasteiger partial charge in [0.15, 0.2) is 0 Å². The lowest BCUT2D eigenvalue weighted by molar-refractivity contribution is -0.0868. The first-order chi connectivity index (χ1) is 28.0. The van der Waals surface area contributed by atoms with Crippen LogP contribution in [0.1, 0.15) is 82.6 Å². The standard InChI is InChI=1S/C48H60N2O8/c1-47(2,3)58-46(52)50-40(34-57-48(50,4)5)28-18-19-29-41-43(54-31-37-22-12-7-13-23-37)44(55-32-38-24-14-8-15-25-38)42(35-53-30-36-20-10-6-11-21-36)49(41)45(51)56-33-39-26-16-9-17-27-39/h6-17,20-27,40-44H,18-19,28-35H2,1-5H3/t40-,41-,42-,43-,44+/m0/s1. The molecule has 2 heterocycles. The van der Waals surface area contributed by atoms with Crippen molar-refractivity contribution < 1.29 is 38.0 Å². The molecule has 10 nitrogen and oxygen atoms in total. The number of benzene rings is 4. The molecule has 58 heavy (non-hydrogen) atoms. The molecule has 0 aliphatic carbocycles. The lowest BCUT2D eigenvalue weighted by atomic mass is 10.00. The molecule has 2 aliphatic heterocycles. The molecule has 6 rings (SSSR count). The Hall–Kier alpha value is -4.74. The van der Waals surface area contributed by atoms with Gasteiger partial charge in [-0.3, -0.25) is 9.80 Å². The van der Waals surface area contributed by atoms with Crippen molar-refractivity contribution in [2.45, 2.75) is 128 Å². The Labute approximate surface area is 344 Å². The van der Waals surface area contributed by atoms with E-state index in [9.17, 15) is 9.59 Å². The van der Waals surface area contributed by atoms with E-state index in [1.165, 1.54) is 0 Å². The zero-order chi connectivity index (χ0) is 41.0. The lowest BCUT2D eigenvalue weighted by Gasteiger charge is -2.35. The zero-order valence-electron chi connectivity index (χ0n) is 34.7. The van der Waals surface area contributed by atoms with E-state index in [2.05, 4.69) is 0 Å². The number of ether oxygens (including phenoxy) is 6. The van der Waals surface area contributed by atoms with Gasteiger partial charge < -0.3 is 28.4 Å². The minimum atomic E-state index is -0.787. The predicted octanol–water partition coefficient (Wildman–Crippen LogP) is 9.70. The Morgan fingerprint density at radius 2 is 1.10 bits per heavy atom. The van der Waals surface area contributed by atoms with Gasteiger partial charge in [-0.05, 0) is 69.7 Å². The number of hydrogen-bond acceptors (Lipinski definition) is 8. The van der Waals surface area contributed by atoms with Crippen LogP contribution in [0.15, 0.2) is 121 Å². The van der Waals surface area contributed by atoms with Gasteiger partial charge in [-0.25, -0.2) is 9.59 Å². The van der Waals surface area contributed by atoms with E-state index in [4.69, 9.17) is 28.4 Å². The summed E-state index contributed by atoms with van der Waals surface area (Å²) in [7, 11) is 0. The average molecular weight is 793 g/mol. The molecular weight excluding hydrogens is 733 g/mol. The van der Waals surface area contributed by atoms with Crippen molar-refractivity contribution >= 4 is 12.2 Å². The van der Waals surface area contributed by atoms with Crippen LogP contribution < -0.4 is 0 Å². The Morgan fingerprint density at radius 1 is 0.638 bits per heavy atom. The molecule has 2 saturated heterocycles. The summed E-state index contributed by atoms with van der Waals surface area (Å²) in [4.78, 5) is 31.5. The van der Waals surface area contributed by atoms with Gasteiger partial charge in [0.05, 0.1) is 51.2 Å². The summed E-state index contributed by atoms with van der Waals surface area (Å²) < 4.78 is 38.1. The number of carbonyl (C=O) groups excluding carboxylic acids is 2. The number of likely N-dealkylation sites (tertiary alicyclic amines) is 1. The molecule has 2 fully saturated rings. The van der Waals surface area contributed by atoms with Gasteiger partial charge in [-0.1, -0.05) is 134 Å². The Kier molecular flexibility index (Phi) is 15.0.